The van der Waals surface area contributed by atoms with Crippen LogP contribution in [0.1, 0.15) is 56.6 Å². The number of carbonyl (C=O) groups excluding carboxylic acids is 2. The molecule has 2 heterocycles. The number of ketones is 2. The van der Waals surface area contributed by atoms with E-state index >= 15 is 0 Å². The molecule has 0 spiro atoms. The monoisotopic (exact) mass is 420 g/mol. The van der Waals surface area contributed by atoms with Gasteiger partial charge in [-0.05, 0) is 54.2 Å². The normalized spacial score (nSPS) is 16.5. The first-order valence-electron chi connectivity index (χ1n) is 10.9. The molecule has 0 atom stereocenters. The first-order valence-corrected chi connectivity index (χ1v) is 10.9. The molecule has 6 heteroatoms. The zero-order valence-electron chi connectivity index (χ0n) is 18.1. The highest BCUT2D eigenvalue weighted by Crippen LogP contribution is 2.46. The van der Waals surface area contributed by atoms with Gasteiger partial charge in [-0.15, -0.1) is 0 Å². The third-order valence-electron chi connectivity index (χ3n) is 6.07. The van der Waals surface area contributed by atoms with Crippen LogP contribution >= 0.6 is 0 Å². The number of Topliss-reactive ketones (excluding diaryl/α,β-unsaturated/α-hetero) is 2. The van der Waals surface area contributed by atoms with Crippen molar-refractivity contribution in [1.82, 2.24) is 0 Å². The lowest BCUT2D eigenvalue weighted by Crippen LogP contribution is -2.21. The highest BCUT2D eigenvalue weighted by molar-refractivity contribution is 6.12. The number of nitrogens with zero attached hydrogens (tertiary/aromatic N) is 2. The van der Waals surface area contributed by atoms with Crippen LogP contribution in [0.4, 0.5) is 5.69 Å². The molecule has 1 aliphatic carbocycles. The summed E-state index contributed by atoms with van der Waals surface area (Å²) in [5.41, 5.74) is 5.21. The molecule has 1 N–H and O–H groups in total. The summed E-state index contributed by atoms with van der Waals surface area (Å²) in [7, 11) is 1.52. The third-order valence-corrected chi connectivity index (χ3v) is 6.07. The standard InChI is InChI=1S/C25H28N2O4/c1-3-4-5-6-19(28)13-22(29)16-7-8-20-18(11-16)12-23(31-2)25(30)24(20)27-14-17-9-10-26-21(17)15-27/h9-12,14,30H,3-8,13,15H2,1-2H3. The van der Waals surface area contributed by atoms with E-state index in [0.29, 0.717) is 42.8 Å². The molecule has 0 aromatic heterocycles. The fourth-order valence-corrected chi connectivity index (χ4v) is 4.39. The largest absolute Gasteiger partial charge is 0.503 e. The Balaban J connectivity index is 1.61. The first kappa shape index (κ1) is 21.1. The van der Waals surface area contributed by atoms with Gasteiger partial charge in [-0.25, -0.2) is 0 Å². The van der Waals surface area contributed by atoms with Crippen molar-refractivity contribution in [2.24, 2.45) is 4.99 Å². The first-order chi connectivity index (χ1) is 15.0. The lowest BCUT2D eigenvalue weighted by atomic mass is 9.87. The van der Waals surface area contributed by atoms with E-state index in [4.69, 9.17) is 4.74 Å². The average Bonchev–Trinajstić information content (AvgIpc) is 3.35. The zero-order chi connectivity index (χ0) is 22.0. The number of aromatic hydroxyl groups is 1. The van der Waals surface area contributed by atoms with E-state index in [0.717, 1.165) is 41.7 Å². The second kappa shape index (κ2) is 8.92. The number of carbonyl (C=O) groups is 2. The van der Waals surface area contributed by atoms with Crippen LogP contribution in [-0.2, 0) is 16.0 Å². The number of benzene rings is 1. The Bertz CT molecular complexity index is 1050. The van der Waals surface area contributed by atoms with Gasteiger partial charge in [0, 0.05) is 24.4 Å². The third kappa shape index (κ3) is 4.20. The summed E-state index contributed by atoms with van der Waals surface area (Å²) < 4.78 is 5.41. The number of hydrogen-bond acceptors (Lipinski definition) is 6. The highest BCUT2D eigenvalue weighted by Gasteiger charge is 2.30. The molecule has 3 aliphatic rings. The van der Waals surface area contributed by atoms with Crippen molar-refractivity contribution in [3.8, 4) is 11.5 Å². The topological polar surface area (TPSA) is 79.2 Å². The van der Waals surface area contributed by atoms with Crippen LogP contribution in [0.5, 0.6) is 11.5 Å². The molecule has 0 saturated heterocycles. The molecule has 0 fully saturated rings. The molecule has 2 aliphatic heterocycles. The molecule has 0 radical (unpaired) electrons. The lowest BCUT2D eigenvalue weighted by Gasteiger charge is -2.26. The lowest BCUT2D eigenvalue weighted by molar-refractivity contribution is -0.125. The van der Waals surface area contributed by atoms with Gasteiger partial charge >= 0.3 is 0 Å². The molecular formula is C25H28N2O4. The number of fused-ring (bicyclic) bond motifs is 2. The fourth-order valence-electron chi connectivity index (χ4n) is 4.39. The minimum Gasteiger partial charge on any atom is -0.503 e. The zero-order valence-corrected chi connectivity index (χ0v) is 18.1. The van der Waals surface area contributed by atoms with Crippen LogP contribution in [0.2, 0.25) is 0 Å². The number of methoxy groups -OCH3 is 1. The molecule has 0 saturated carbocycles. The van der Waals surface area contributed by atoms with Gasteiger partial charge in [0.1, 0.15) is 5.78 Å². The minimum atomic E-state index is -0.0990. The number of rotatable bonds is 9. The van der Waals surface area contributed by atoms with Crippen molar-refractivity contribution in [2.45, 2.75) is 51.9 Å². The van der Waals surface area contributed by atoms with Crippen molar-refractivity contribution in [3.05, 3.63) is 46.8 Å². The number of phenols is 1. The van der Waals surface area contributed by atoms with E-state index in [1.807, 2.05) is 23.3 Å². The number of unbranched alkanes of at least 4 members (excludes halogenated alkanes) is 2. The fraction of sp³-hybridized carbons (Fsp3) is 0.400. The maximum absolute atomic E-state index is 12.7. The predicted octanol–water partition coefficient (Wildman–Crippen LogP) is 4.51. The second-order valence-corrected chi connectivity index (χ2v) is 8.21. The second-order valence-electron chi connectivity index (χ2n) is 8.21. The van der Waals surface area contributed by atoms with Crippen LogP contribution < -0.4 is 9.64 Å². The van der Waals surface area contributed by atoms with Gasteiger partial charge in [-0.3, -0.25) is 14.6 Å². The van der Waals surface area contributed by atoms with Gasteiger partial charge < -0.3 is 14.7 Å². The van der Waals surface area contributed by atoms with Gasteiger partial charge in [-0.1, -0.05) is 19.8 Å². The summed E-state index contributed by atoms with van der Waals surface area (Å²) in [6.45, 7) is 2.67. The van der Waals surface area contributed by atoms with Gasteiger partial charge in [0.05, 0.1) is 31.5 Å². The molecular weight excluding hydrogens is 392 g/mol. The Morgan fingerprint density at radius 1 is 1.26 bits per heavy atom. The summed E-state index contributed by atoms with van der Waals surface area (Å²) in [6, 6.07) is 1.77. The smallest absolute Gasteiger partial charge is 0.182 e. The quantitative estimate of drug-likeness (QED) is 0.470. The molecule has 4 rings (SSSR count). The SMILES string of the molecule is CCCCCC(=O)CC(=O)C1=Cc2cc(OC)c(O)c(N3C=C4C=CN=C4C3)c2CC1. The molecule has 162 valence electrons. The van der Waals surface area contributed by atoms with Gasteiger partial charge in [-0.2, -0.15) is 0 Å². The Labute approximate surface area is 182 Å². The maximum Gasteiger partial charge on any atom is 0.182 e. The number of ether oxygens (including phenoxy) is 1. The molecule has 0 bridgehead atoms. The van der Waals surface area contributed by atoms with Crippen LogP contribution in [-0.4, -0.2) is 36.0 Å². The molecule has 6 nitrogen and oxygen atoms in total. The number of allylic oxidation sites excluding steroid dienone is 2. The van der Waals surface area contributed by atoms with Crippen molar-refractivity contribution in [3.63, 3.8) is 0 Å². The summed E-state index contributed by atoms with van der Waals surface area (Å²) in [4.78, 5) is 31.3. The Morgan fingerprint density at radius 2 is 2.10 bits per heavy atom. The van der Waals surface area contributed by atoms with Crippen LogP contribution in [0.15, 0.2) is 40.7 Å². The van der Waals surface area contributed by atoms with Gasteiger partial charge in [0.25, 0.3) is 0 Å². The van der Waals surface area contributed by atoms with Gasteiger partial charge in [0.15, 0.2) is 17.3 Å². The van der Waals surface area contributed by atoms with E-state index < -0.39 is 0 Å². The number of aliphatic imine (C=N–C) groups is 1. The number of hydrogen-bond donors (Lipinski definition) is 1. The summed E-state index contributed by atoms with van der Waals surface area (Å²) in [5, 5.41) is 10.9. The van der Waals surface area contributed by atoms with Crippen molar-refractivity contribution < 1.29 is 19.4 Å². The van der Waals surface area contributed by atoms with Crippen molar-refractivity contribution in [2.75, 3.05) is 18.6 Å². The van der Waals surface area contributed by atoms with Gasteiger partial charge in [0.2, 0.25) is 0 Å². The van der Waals surface area contributed by atoms with Crippen molar-refractivity contribution >= 4 is 29.0 Å². The molecule has 0 unspecified atom stereocenters. The van der Waals surface area contributed by atoms with Crippen LogP contribution in [0.25, 0.3) is 6.08 Å². The van der Waals surface area contributed by atoms with E-state index in [1.54, 1.807) is 12.3 Å². The molecule has 1 aromatic rings. The number of anilines is 1. The molecule has 1 aromatic carbocycles. The van der Waals surface area contributed by atoms with Crippen molar-refractivity contribution in [1.29, 1.82) is 0 Å². The van der Waals surface area contributed by atoms with E-state index in [1.165, 1.54) is 7.11 Å². The minimum absolute atomic E-state index is 0.0122. The molecule has 0 amide bonds. The van der Waals surface area contributed by atoms with Crippen LogP contribution in [0.3, 0.4) is 0 Å². The number of phenolic OH excluding ortho intramolecular Hbond substituents is 1. The predicted molar refractivity (Wildman–Crippen MR) is 122 cm³/mol. The summed E-state index contributed by atoms with van der Waals surface area (Å²) >= 11 is 0. The highest BCUT2D eigenvalue weighted by atomic mass is 16.5. The van der Waals surface area contributed by atoms with E-state index in [-0.39, 0.29) is 23.7 Å². The van der Waals surface area contributed by atoms with E-state index in [2.05, 4.69) is 11.9 Å². The maximum atomic E-state index is 12.7. The van der Waals surface area contributed by atoms with E-state index in [9.17, 15) is 14.7 Å². The molecule has 31 heavy (non-hydrogen) atoms. The average molecular weight is 421 g/mol. The summed E-state index contributed by atoms with van der Waals surface area (Å²) in [6.07, 6.45) is 12.1. The summed E-state index contributed by atoms with van der Waals surface area (Å²) in [5.74, 6) is 0.371. The Morgan fingerprint density at radius 3 is 2.84 bits per heavy atom. The Hall–Kier alpha value is -3.15. The Kier molecular flexibility index (Phi) is 6.07. The van der Waals surface area contributed by atoms with Crippen LogP contribution in [0, 0.1) is 0 Å².